The average molecular weight is 232 g/mol. The summed E-state index contributed by atoms with van der Waals surface area (Å²) in [5.41, 5.74) is 3.09. The van der Waals surface area contributed by atoms with E-state index in [1.807, 2.05) is 32.1 Å². The fraction of sp³-hybridized carbons (Fsp3) is 0.357. The number of hydrogen-bond acceptors (Lipinski definition) is 1. The summed E-state index contributed by atoms with van der Waals surface area (Å²) >= 11 is 0. The van der Waals surface area contributed by atoms with Crippen LogP contribution in [0.1, 0.15) is 25.0 Å². The Bertz CT molecular complexity index is 402. The molecule has 0 aliphatic rings. The molecule has 17 heavy (non-hydrogen) atoms. The molecule has 0 heterocycles. The van der Waals surface area contributed by atoms with Gasteiger partial charge < -0.3 is 10.6 Å². The molecule has 0 fully saturated rings. The zero-order chi connectivity index (χ0) is 12.8. The molecule has 0 aliphatic carbocycles. The van der Waals surface area contributed by atoms with Gasteiger partial charge in [0.2, 0.25) is 0 Å². The third kappa shape index (κ3) is 5.20. The second-order valence-corrected chi connectivity index (χ2v) is 4.58. The molecule has 1 rings (SSSR count). The van der Waals surface area contributed by atoms with Crippen LogP contribution in [0.2, 0.25) is 0 Å². The molecule has 2 amide bonds. The average Bonchev–Trinajstić information content (AvgIpc) is 2.14. The molecular weight excluding hydrogens is 212 g/mol. The van der Waals surface area contributed by atoms with Crippen LogP contribution in [0.15, 0.2) is 30.5 Å². The van der Waals surface area contributed by atoms with Gasteiger partial charge in [-0.05, 0) is 43.0 Å². The van der Waals surface area contributed by atoms with E-state index in [1.54, 1.807) is 6.20 Å². The molecule has 0 unspecified atom stereocenters. The molecular formula is C14H20N2O. The van der Waals surface area contributed by atoms with Crippen LogP contribution in [0.3, 0.4) is 0 Å². The first kappa shape index (κ1) is 13.3. The molecule has 3 nitrogen and oxygen atoms in total. The van der Waals surface area contributed by atoms with Crippen LogP contribution >= 0.6 is 0 Å². The molecule has 1 aromatic carbocycles. The van der Waals surface area contributed by atoms with Crippen molar-refractivity contribution in [2.75, 3.05) is 5.32 Å². The summed E-state index contributed by atoms with van der Waals surface area (Å²) in [7, 11) is 0. The molecule has 0 spiro atoms. The first-order valence-corrected chi connectivity index (χ1v) is 5.80. The highest BCUT2D eigenvalue weighted by Crippen LogP contribution is 2.13. The van der Waals surface area contributed by atoms with E-state index in [0.717, 1.165) is 16.8 Å². The summed E-state index contributed by atoms with van der Waals surface area (Å²) in [5, 5.41) is 5.47. The van der Waals surface area contributed by atoms with Crippen molar-refractivity contribution in [3.05, 3.63) is 41.6 Å². The number of carbonyl (C=O) groups excluding carboxylic acids is 1. The van der Waals surface area contributed by atoms with E-state index >= 15 is 0 Å². The number of amides is 2. The van der Waals surface area contributed by atoms with E-state index in [0.29, 0.717) is 5.92 Å². The highest BCUT2D eigenvalue weighted by molar-refractivity contribution is 5.90. The third-order valence-corrected chi connectivity index (χ3v) is 2.18. The van der Waals surface area contributed by atoms with Gasteiger partial charge in [-0.15, -0.1) is 0 Å². The maximum Gasteiger partial charge on any atom is 0.323 e. The number of hydrogen-bond donors (Lipinski definition) is 2. The van der Waals surface area contributed by atoms with E-state index in [2.05, 4.69) is 30.5 Å². The van der Waals surface area contributed by atoms with Crippen LogP contribution < -0.4 is 10.6 Å². The number of nitrogens with one attached hydrogen (secondary N) is 2. The van der Waals surface area contributed by atoms with Crippen LogP contribution in [0, 0.1) is 19.8 Å². The van der Waals surface area contributed by atoms with Crippen molar-refractivity contribution in [2.24, 2.45) is 5.92 Å². The summed E-state index contributed by atoms with van der Waals surface area (Å²) in [4.78, 5) is 11.5. The van der Waals surface area contributed by atoms with Crippen molar-refractivity contribution in [1.29, 1.82) is 0 Å². The molecule has 0 bridgehead atoms. The van der Waals surface area contributed by atoms with Gasteiger partial charge in [0, 0.05) is 11.9 Å². The van der Waals surface area contributed by atoms with E-state index in [-0.39, 0.29) is 6.03 Å². The minimum absolute atomic E-state index is 0.216. The molecule has 0 aliphatic heterocycles. The number of rotatable bonds is 3. The molecule has 0 radical (unpaired) electrons. The van der Waals surface area contributed by atoms with Crippen molar-refractivity contribution in [2.45, 2.75) is 27.7 Å². The predicted octanol–water partition coefficient (Wildman–Crippen LogP) is 3.59. The molecule has 1 aromatic rings. The number of allylic oxidation sites excluding steroid dienone is 1. The monoisotopic (exact) mass is 232 g/mol. The van der Waals surface area contributed by atoms with Gasteiger partial charge in [0.1, 0.15) is 0 Å². The van der Waals surface area contributed by atoms with Crippen LogP contribution in [0.5, 0.6) is 0 Å². The second-order valence-electron chi connectivity index (χ2n) is 4.58. The summed E-state index contributed by atoms with van der Waals surface area (Å²) < 4.78 is 0. The van der Waals surface area contributed by atoms with Crippen molar-refractivity contribution >= 4 is 11.7 Å². The first-order valence-electron chi connectivity index (χ1n) is 5.80. The minimum atomic E-state index is -0.216. The van der Waals surface area contributed by atoms with E-state index in [9.17, 15) is 4.79 Å². The Kier molecular flexibility index (Phi) is 4.76. The largest absolute Gasteiger partial charge is 0.323 e. The smallest absolute Gasteiger partial charge is 0.315 e. The molecule has 0 aromatic heterocycles. The van der Waals surface area contributed by atoms with Crippen LogP contribution in [-0.2, 0) is 0 Å². The van der Waals surface area contributed by atoms with Gasteiger partial charge in [-0.1, -0.05) is 26.0 Å². The normalized spacial score (nSPS) is 10.9. The fourth-order valence-electron chi connectivity index (χ4n) is 1.53. The van der Waals surface area contributed by atoms with Gasteiger partial charge in [0.05, 0.1) is 0 Å². The zero-order valence-corrected chi connectivity index (χ0v) is 10.9. The van der Waals surface area contributed by atoms with E-state index in [4.69, 9.17) is 0 Å². The quantitative estimate of drug-likeness (QED) is 0.821. The summed E-state index contributed by atoms with van der Waals surface area (Å²) in [6.07, 6.45) is 3.60. The lowest BCUT2D eigenvalue weighted by Crippen LogP contribution is -2.24. The lowest BCUT2D eigenvalue weighted by molar-refractivity contribution is 0.255. The van der Waals surface area contributed by atoms with E-state index in [1.165, 1.54) is 0 Å². The standard InChI is InChI=1S/C14H20N2O/c1-10(2)5-6-15-14(17)16-13-8-11(3)7-12(4)9-13/h5-10H,1-4H3,(H2,15,16,17)/b6-5+. The first-order chi connectivity index (χ1) is 7.97. The Morgan fingerprint density at radius 2 is 1.76 bits per heavy atom. The molecule has 0 saturated carbocycles. The van der Waals surface area contributed by atoms with Crippen LogP contribution in [0.25, 0.3) is 0 Å². The third-order valence-electron chi connectivity index (χ3n) is 2.18. The fourth-order valence-corrected chi connectivity index (χ4v) is 1.53. The maximum absolute atomic E-state index is 11.5. The Hall–Kier alpha value is -1.77. The van der Waals surface area contributed by atoms with Crippen LogP contribution in [-0.4, -0.2) is 6.03 Å². The maximum atomic E-state index is 11.5. The molecule has 0 saturated heterocycles. The van der Waals surface area contributed by atoms with Crippen molar-refractivity contribution in [3.8, 4) is 0 Å². The zero-order valence-electron chi connectivity index (χ0n) is 10.9. The summed E-state index contributed by atoms with van der Waals surface area (Å²) in [6.45, 7) is 8.13. The molecule has 3 heteroatoms. The van der Waals surface area contributed by atoms with Gasteiger partial charge in [-0.2, -0.15) is 0 Å². The molecule has 92 valence electrons. The van der Waals surface area contributed by atoms with Gasteiger partial charge in [0.25, 0.3) is 0 Å². The number of urea groups is 1. The van der Waals surface area contributed by atoms with E-state index < -0.39 is 0 Å². The highest BCUT2D eigenvalue weighted by Gasteiger charge is 2.00. The van der Waals surface area contributed by atoms with Crippen molar-refractivity contribution in [3.63, 3.8) is 0 Å². The second kappa shape index (κ2) is 6.09. The minimum Gasteiger partial charge on any atom is -0.315 e. The van der Waals surface area contributed by atoms with Gasteiger partial charge in [-0.3, -0.25) is 0 Å². The lowest BCUT2D eigenvalue weighted by Gasteiger charge is -2.07. The Morgan fingerprint density at radius 3 is 2.29 bits per heavy atom. The molecule has 2 N–H and O–H groups in total. The number of anilines is 1. The Labute approximate surface area is 103 Å². The van der Waals surface area contributed by atoms with Gasteiger partial charge >= 0.3 is 6.03 Å². The lowest BCUT2D eigenvalue weighted by atomic mass is 10.1. The van der Waals surface area contributed by atoms with Gasteiger partial charge in [0.15, 0.2) is 0 Å². The predicted molar refractivity (Wildman–Crippen MR) is 72.0 cm³/mol. The Balaban J connectivity index is 2.56. The Morgan fingerprint density at radius 1 is 1.18 bits per heavy atom. The number of aryl methyl sites for hydroxylation is 2. The topological polar surface area (TPSA) is 41.1 Å². The molecule has 0 atom stereocenters. The van der Waals surface area contributed by atoms with Crippen molar-refractivity contribution in [1.82, 2.24) is 5.32 Å². The van der Waals surface area contributed by atoms with Crippen LogP contribution in [0.4, 0.5) is 10.5 Å². The van der Waals surface area contributed by atoms with Gasteiger partial charge in [-0.25, -0.2) is 4.79 Å². The van der Waals surface area contributed by atoms with Crippen molar-refractivity contribution < 1.29 is 4.79 Å². The summed E-state index contributed by atoms with van der Waals surface area (Å²) in [6, 6.07) is 5.74. The number of benzene rings is 1. The summed E-state index contributed by atoms with van der Waals surface area (Å²) in [5.74, 6) is 0.427. The number of carbonyl (C=O) groups is 1. The SMILES string of the molecule is Cc1cc(C)cc(NC(=O)N/C=C/C(C)C)c1. The highest BCUT2D eigenvalue weighted by atomic mass is 16.2.